The maximum Gasteiger partial charge on any atom is 0.491 e. The van der Waals surface area contributed by atoms with Gasteiger partial charge in [0, 0.05) is 6.54 Å². The van der Waals surface area contributed by atoms with Gasteiger partial charge in [-0.3, -0.25) is 0 Å². The van der Waals surface area contributed by atoms with Crippen LogP contribution in [0.5, 0.6) is 5.75 Å². The predicted octanol–water partition coefficient (Wildman–Crippen LogP) is 2.37. The molecule has 24 heavy (non-hydrogen) atoms. The second-order valence-electron chi connectivity index (χ2n) is 6.81. The van der Waals surface area contributed by atoms with Gasteiger partial charge in [-0.25, -0.2) is 4.79 Å². The van der Waals surface area contributed by atoms with Gasteiger partial charge in [0.25, 0.3) is 0 Å². The fourth-order valence-corrected chi connectivity index (χ4v) is 2.38. The molecule has 1 aromatic rings. The van der Waals surface area contributed by atoms with Gasteiger partial charge in [-0.2, -0.15) is 0 Å². The van der Waals surface area contributed by atoms with Crippen LogP contribution in [0.4, 0.5) is 0 Å². The molecule has 0 unspecified atom stereocenters. The number of hydrogen-bond acceptors (Lipinski definition) is 5. The molecule has 0 radical (unpaired) electrons. The average Bonchev–Trinajstić information content (AvgIpc) is 2.72. The Hall–Kier alpha value is -1.83. The predicted molar refractivity (Wildman–Crippen MR) is 93.1 cm³/mol. The van der Waals surface area contributed by atoms with E-state index in [0.717, 1.165) is 5.47 Å². The normalized spacial score (nSPS) is 19.4. The van der Waals surface area contributed by atoms with Gasteiger partial charge in [-0.1, -0.05) is 6.08 Å². The molecule has 1 saturated heterocycles. The lowest BCUT2D eigenvalue weighted by molar-refractivity contribution is 0.00578. The number of aromatic carboxylic acids is 1. The van der Waals surface area contributed by atoms with Crippen molar-refractivity contribution in [1.29, 1.82) is 0 Å². The van der Waals surface area contributed by atoms with Gasteiger partial charge in [0.15, 0.2) is 0 Å². The Kier molecular flexibility index (Phi) is 5.08. The van der Waals surface area contributed by atoms with E-state index in [-0.39, 0.29) is 12.1 Å². The molecule has 0 atom stereocenters. The van der Waals surface area contributed by atoms with Crippen molar-refractivity contribution in [3.05, 3.63) is 34.8 Å². The molecule has 2 rings (SSSR count). The van der Waals surface area contributed by atoms with E-state index in [9.17, 15) is 9.90 Å². The Morgan fingerprint density at radius 2 is 1.83 bits per heavy atom. The molecular weight excluding hydrogens is 309 g/mol. The van der Waals surface area contributed by atoms with Crippen LogP contribution < -0.4 is 10.5 Å². The molecule has 1 aliphatic heterocycles. The van der Waals surface area contributed by atoms with Gasteiger partial charge < -0.3 is 24.9 Å². The van der Waals surface area contributed by atoms with Gasteiger partial charge in [-0.05, 0) is 56.9 Å². The Morgan fingerprint density at radius 3 is 2.29 bits per heavy atom. The molecule has 1 heterocycles. The zero-order valence-electron chi connectivity index (χ0n) is 14.8. The van der Waals surface area contributed by atoms with Gasteiger partial charge >= 0.3 is 13.1 Å². The number of carbonyl (C=O) groups is 1. The average molecular weight is 333 g/mol. The summed E-state index contributed by atoms with van der Waals surface area (Å²) in [6.07, 6.45) is 1.79. The molecular formula is C17H24BNO5. The summed E-state index contributed by atoms with van der Waals surface area (Å²) in [7, 11) is 0.923. The second-order valence-corrected chi connectivity index (χ2v) is 6.81. The molecule has 6 nitrogen and oxygen atoms in total. The number of nitrogens with two attached hydrogens (primary N) is 1. The van der Waals surface area contributed by atoms with E-state index in [4.69, 9.17) is 19.8 Å². The Balaban J connectivity index is 2.38. The van der Waals surface area contributed by atoms with Crippen molar-refractivity contribution in [3.8, 4) is 5.75 Å². The first-order valence-electron chi connectivity index (χ1n) is 7.78. The van der Waals surface area contributed by atoms with E-state index in [1.54, 1.807) is 18.2 Å². The third-order valence-electron chi connectivity index (χ3n) is 4.56. The van der Waals surface area contributed by atoms with Crippen molar-refractivity contribution in [2.24, 2.45) is 5.73 Å². The summed E-state index contributed by atoms with van der Waals surface area (Å²) in [4.78, 5) is 11.3. The lowest BCUT2D eigenvalue weighted by Gasteiger charge is -2.32. The van der Waals surface area contributed by atoms with Gasteiger partial charge in [-0.15, -0.1) is 0 Å². The van der Waals surface area contributed by atoms with Crippen LogP contribution in [0, 0.1) is 0 Å². The Bertz CT molecular complexity index is 653. The van der Waals surface area contributed by atoms with Crippen LogP contribution in [0.2, 0.25) is 0 Å². The summed E-state index contributed by atoms with van der Waals surface area (Å²) in [6.45, 7) is 8.10. The fraction of sp³-hybridized carbons (Fsp3) is 0.471. The maximum absolute atomic E-state index is 11.3. The maximum atomic E-state index is 11.3. The number of carboxylic acids is 1. The zero-order valence-corrected chi connectivity index (χ0v) is 14.8. The molecule has 0 aromatic heterocycles. The third-order valence-corrected chi connectivity index (χ3v) is 4.56. The summed E-state index contributed by atoms with van der Waals surface area (Å²) >= 11 is 0. The van der Waals surface area contributed by atoms with Crippen LogP contribution in [-0.4, -0.2) is 43.1 Å². The smallest absolute Gasteiger partial charge is 0.491 e. The fourth-order valence-electron chi connectivity index (χ4n) is 2.38. The van der Waals surface area contributed by atoms with E-state index in [1.807, 2.05) is 27.7 Å². The highest BCUT2D eigenvalue weighted by Gasteiger charge is 2.52. The molecule has 0 aliphatic carbocycles. The minimum atomic E-state index is -1.02. The van der Waals surface area contributed by atoms with Crippen LogP contribution in [0.15, 0.2) is 23.7 Å². The monoisotopic (exact) mass is 333 g/mol. The summed E-state index contributed by atoms with van der Waals surface area (Å²) in [5.41, 5.74) is 6.49. The molecule has 3 N–H and O–H groups in total. The van der Waals surface area contributed by atoms with Crippen molar-refractivity contribution in [3.63, 3.8) is 0 Å². The van der Waals surface area contributed by atoms with Gasteiger partial charge in [0.05, 0.1) is 23.9 Å². The van der Waals surface area contributed by atoms with Crippen molar-refractivity contribution in [2.75, 3.05) is 13.7 Å². The number of benzene rings is 1. The Morgan fingerprint density at radius 1 is 1.25 bits per heavy atom. The number of ether oxygens (including phenoxy) is 1. The second kappa shape index (κ2) is 6.59. The van der Waals surface area contributed by atoms with Crippen LogP contribution in [-0.2, 0) is 9.31 Å². The summed E-state index contributed by atoms with van der Waals surface area (Å²) in [5, 5.41) is 9.22. The summed E-state index contributed by atoms with van der Waals surface area (Å²) in [6, 6.07) is 4.77. The Labute approximate surface area is 142 Å². The highest BCUT2D eigenvalue weighted by atomic mass is 16.7. The molecule has 0 bridgehead atoms. The van der Waals surface area contributed by atoms with Crippen LogP contribution in [0.3, 0.4) is 0 Å². The van der Waals surface area contributed by atoms with Gasteiger partial charge in [0.1, 0.15) is 5.75 Å². The number of methoxy groups -OCH3 is 1. The molecule has 0 spiro atoms. The van der Waals surface area contributed by atoms with Crippen molar-refractivity contribution in [2.45, 2.75) is 38.9 Å². The topological polar surface area (TPSA) is 91.0 Å². The van der Waals surface area contributed by atoms with Crippen LogP contribution in [0.1, 0.15) is 43.6 Å². The van der Waals surface area contributed by atoms with E-state index >= 15 is 0 Å². The van der Waals surface area contributed by atoms with E-state index < -0.39 is 24.3 Å². The number of hydrogen-bond donors (Lipinski definition) is 2. The zero-order chi connectivity index (χ0) is 18.1. The minimum Gasteiger partial charge on any atom is -0.497 e. The molecule has 0 amide bonds. The summed E-state index contributed by atoms with van der Waals surface area (Å²) < 4.78 is 17.2. The third kappa shape index (κ3) is 3.63. The molecule has 0 saturated carbocycles. The largest absolute Gasteiger partial charge is 0.497 e. The standard InChI is InChI=1S/C17H24BNO5/c1-16(2)17(3,4)24-18(23-16)13(10-19)7-11-6-12(15(20)21)9-14(8-11)22-5/h6-9H,10,19H2,1-5H3,(H,20,21). The van der Waals surface area contributed by atoms with Crippen LogP contribution in [0.25, 0.3) is 6.08 Å². The van der Waals surface area contributed by atoms with E-state index in [0.29, 0.717) is 11.3 Å². The summed E-state index contributed by atoms with van der Waals surface area (Å²) in [5.74, 6) is -0.556. The SMILES string of the molecule is COc1cc(C=C(CN)B2OC(C)(C)C(C)(C)O2)cc(C(=O)O)c1. The molecule has 1 aromatic carbocycles. The highest BCUT2D eigenvalue weighted by Crippen LogP contribution is 2.38. The quantitative estimate of drug-likeness (QED) is 0.804. The van der Waals surface area contributed by atoms with E-state index in [2.05, 4.69) is 0 Å². The molecule has 1 aliphatic rings. The van der Waals surface area contributed by atoms with Gasteiger partial charge in [0.2, 0.25) is 0 Å². The van der Waals surface area contributed by atoms with Crippen molar-refractivity contribution < 1.29 is 23.9 Å². The van der Waals surface area contributed by atoms with Crippen molar-refractivity contribution in [1.82, 2.24) is 0 Å². The first-order valence-corrected chi connectivity index (χ1v) is 7.78. The van der Waals surface area contributed by atoms with E-state index in [1.165, 1.54) is 13.2 Å². The molecule has 7 heteroatoms. The lowest BCUT2D eigenvalue weighted by Crippen LogP contribution is -2.41. The first-order chi connectivity index (χ1) is 11.1. The molecule has 1 fully saturated rings. The van der Waals surface area contributed by atoms with Crippen molar-refractivity contribution >= 4 is 19.2 Å². The first kappa shape index (κ1) is 18.5. The lowest BCUT2D eigenvalue weighted by atomic mass is 9.77. The van der Waals surface area contributed by atoms with Crippen LogP contribution >= 0.6 is 0 Å². The minimum absolute atomic E-state index is 0.144. The number of carboxylic acid groups (broad SMARTS) is 1. The molecule has 130 valence electrons. The highest BCUT2D eigenvalue weighted by molar-refractivity contribution is 6.55. The number of rotatable bonds is 5.